The molecule has 0 amide bonds. The highest BCUT2D eigenvalue weighted by Gasteiger charge is 2.60. The van der Waals surface area contributed by atoms with Crippen LogP contribution >= 0.6 is 0 Å². The monoisotopic (exact) mass is 288 g/mol. The fourth-order valence-corrected chi connectivity index (χ4v) is 2.09. The lowest BCUT2D eigenvalue weighted by Gasteiger charge is -2.33. The van der Waals surface area contributed by atoms with Gasteiger partial charge in [-0.3, -0.25) is 14.4 Å². The highest BCUT2D eigenvalue weighted by molar-refractivity contribution is 5.68. The van der Waals surface area contributed by atoms with Gasteiger partial charge in [-0.1, -0.05) is 0 Å². The van der Waals surface area contributed by atoms with Crippen molar-refractivity contribution in [3.63, 3.8) is 0 Å². The van der Waals surface area contributed by atoms with E-state index in [1.807, 2.05) is 0 Å². The molecule has 0 aromatic rings. The summed E-state index contributed by atoms with van der Waals surface area (Å²) in [7, 11) is 0. The van der Waals surface area contributed by atoms with E-state index in [4.69, 9.17) is 23.7 Å². The van der Waals surface area contributed by atoms with Crippen LogP contribution in [0.5, 0.6) is 0 Å². The van der Waals surface area contributed by atoms with Gasteiger partial charge in [-0.25, -0.2) is 0 Å². The summed E-state index contributed by atoms with van der Waals surface area (Å²) < 4.78 is 25.8. The molecule has 8 nitrogen and oxygen atoms in total. The minimum atomic E-state index is -0.875. The van der Waals surface area contributed by atoms with Gasteiger partial charge in [0, 0.05) is 20.8 Å². The van der Waals surface area contributed by atoms with Crippen LogP contribution in [0.25, 0.3) is 0 Å². The number of hydrogen-bond acceptors (Lipinski definition) is 8. The van der Waals surface area contributed by atoms with Crippen molar-refractivity contribution in [1.29, 1.82) is 0 Å². The van der Waals surface area contributed by atoms with Crippen LogP contribution in [0.2, 0.25) is 0 Å². The van der Waals surface area contributed by atoms with Crippen molar-refractivity contribution < 1.29 is 38.1 Å². The standard InChI is InChI=1S/C12H16O8/c1-5(13)16-4-8-9(17-6(2)14)10(18-7(3)15)11-12(19-8)20-11/h8-12H,4H2,1-3H3/t8-,9-,10+,11+,12-/m1/s1. The first-order valence-corrected chi connectivity index (χ1v) is 6.17. The third-order valence-electron chi connectivity index (χ3n) is 2.86. The summed E-state index contributed by atoms with van der Waals surface area (Å²) in [5.74, 6) is -1.56. The van der Waals surface area contributed by atoms with Crippen LogP contribution in [-0.4, -0.2) is 55.2 Å². The van der Waals surface area contributed by atoms with Gasteiger partial charge in [0.2, 0.25) is 0 Å². The molecule has 0 aromatic heterocycles. The molecule has 0 aromatic carbocycles. The maximum atomic E-state index is 11.2. The SMILES string of the molecule is CC(=O)OC[C@H]1O[C@@H]2O[C@H]2[C@@H](OC(C)=O)[C@@H]1OC(C)=O. The minimum absolute atomic E-state index is 0.113. The molecule has 2 saturated heterocycles. The van der Waals surface area contributed by atoms with E-state index < -0.39 is 48.6 Å². The molecule has 0 aliphatic carbocycles. The molecule has 0 saturated carbocycles. The summed E-state index contributed by atoms with van der Waals surface area (Å²) in [6, 6.07) is 0. The van der Waals surface area contributed by atoms with Crippen molar-refractivity contribution in [2.75, 3.05) is 6.61 Å². The number of epoxide rings is 1. The van der Waals surface area contributed by atoms with E-state index in [0.717, 1.165) is 0 Å². The lowest BCUT2D eigenvalue weighted by Crippen LogP contribution is -2.53. The largest absolute Gasteiger partial charge is 0.463 e. The number of esters is 3. The van der Waals surface area contributed by atoms with Gasteiger partial charge in [0.15, 0.2) is 24.6 Å². The molecule has 2 fully saturated rings. The number of carbonyl (C=O) groups excluding carboxylic acids is 3. The molecule has 5 atom stereocenters. The zero-order chi connectivity index (χ0) is 14.9. The molecular formula is C12H16O8. The molecule has 112 valence electrons. The molecule has 0 N–H and O–H groups in total. The average Bonchev–Trinajstić information content (AvgIpc) is 3.07. The van der Waals surface area contributed by atoms with Crippen LogP contribution in [0.15, 0.2) is 0 Å². The van der Waals surface area contributed by atoms with E-state index in [1.54, 1.807) is 0 Å². The van der Waals surface area contributed by atoms with Crippen LogP contribution in [0, 0.1) is 0 Å². The van der Waals surface area contributed by atoms with Gasteiger partial charge >= 0.3 is 17.9 Å². The van der Waals surface area contributed by atoms with Crippen molar-refractivity contribution >= 4 is 17.9 Å². The van der Waals surface area contributed by atoms with Crippen molar-refractivity contribution in [3.8, 4) is 0 Å². The van der Waals surface area contributed by atoms with Crippen LogP contribution in [0.3, 0.4) is 0 Å². The molecule has 0 unspecified atom stereocenters. The fraction of sp³-hybridized carbons (Fsp3) is 0.750. The predicted molar refractivity (Wildman–Crippen MR) is 61.3 cm³/mol. The maximum absolute atomic E-state index is 11.2. The Kier molecular flexibility index (Phi) is 4.24. The Labute approximate surface area is 115 Å². The van der Waals surface area contributed by atoms with Gasteiger partial charge in [-0.2, -0.15) is 0 Å². The van der Waals surface area contributed by atoms with Gasteiger partial charge in [0.05, 0.1) is 0 Å². The molecule has 2 heterocycles. The Hall–Kier alpha value is -1.67. The van der Waals surface area contributed by atoms with E-state index in [1.165, 1.54) is 20.8 Å². The number of carbonyl (C=O) groups is 3. The Morgan fingerprint density at radius 1 is 0.900 bits per heavy atom. The quantitative estimate of drug-likeness (QED) is 0.389. The Morgan fingerprint density at radius 2 is 1.50 bits per heavy atom. The molecule has 2 aliphatic rings. The second-order valence-corrected chi connectivity index (χ2v) is 4.59. The van der Waals surface area contributed by atoms with E-state index in [-0.39, 0.29) is 6.61 Å². The predicted octanol–water partition coefficient (Wildman–Crippen LogP) is -0.463. The summed E-state index contributed by atoms with van der Waals surface area (Å²) in [4.78, 5) is 33.2. The summed E-state index contributed by atoms with van der Waals surface area (Å²) in [5.41, 5.74) is 0. The lowest BCUT2D eigenvalue weighted by molar-refractivity contribution is -0.197. The van der Waals surface area contributed by atoms with E-state index >= 15 is 0 Å². The topological polar surface area (TPSA) is 101 Å². The average molecular weight is 288 g/mol. The van der Waals surface area contributed by atoms with Crippen molar-refractivity contribution in [2.45, 2.75) is 51.5 Å². The van der Waals surface area contributed by atoms with Gasteiger partial charge in [-0.05, 0) is 0 Å². The molecular weight excluding hydrogens is 272 g/mol. The lowest BCUT2D eigenvalue weighted by atomic mass is 10.0. The number of hydrogen-bond donors (Lipinski definition) is 0. The van der Waals surface area contributed by atoms with Gasteiger partial charge in [-0.15, -0.1) is 0 Å². The third-order valence-corrected chi connectivity index (χ3v) is 2.86. The number of rotatable bonds is 4. The zero-order valence-corrected chi connectivity index (χ0v) is 11.4. The molecule has 2 aliphatic heterocycles. The molecule has 2 rings (SSSR count). The third kappa shape index (κ3) is 3.45. The summed E-state index contributed by atoms with van der Waals surface area (Å²) in [6.45, 7) is 3.62. The second-order valence-electron chi connectivity index (χ2n) is 4.59. The first-order valence-electron chi connectivity index (χ1n) is 6.17. The Bertz CT molecular complexity index is 420. The van der Waals surface area contributed by atoms with Crippen molar-refractivity contribution in [3.05, 3.63) is 0 Å². The summed E-state index contributed by atoms with van der Waals surface area (Å²) >= 11 is 0. The second kappa shape index (κ2) is 5.76. The van der Waals surface area contributed by atoms with Crippen LogP contribution in [0.4, 0.5) is 0 Å². The highest BCUT2D eigenvalue weighted by Crippen LogP contribution is 2.38. The van der Waals surface area contributed by atoms with Crippen LogP contribution < -0.4 is 0 Å². The molecule has 20 heavy (non-hydrogen) atoms. The number of fused-ring (bicyclic) bond motifs is 1. The fourth-order valence-electron chi connectivity index (χ4n) is 2.09. The highest BCUT2D eigenvalue weighted by atomic mass is 16.8. The zero-order valence-electron chi connectivity index (χ0n) is 11.4. The normalized spacial score (nSPS) is 34.6. The minimum Gasteiger partial charge on any atom is -0.463 e. The van der Waals surface area contributed by atoms with Gasteiger partial charge in [0.1, 0.15) is 12.7 Å². The summed E-state index contributed by atoms with van der Waals surface area (Å²) in [6.07, 6.45) is -3.38. The smallest absolute Gasteiger partial charge is 0.303 e. The molecule has 0 spiro atoms. The molecule has 8 heteroatoms. The first kappa shape index (κ1) is 14.7. The maximum Gasteiger partial charge on any atom is 0.303 e. The van der Waals surface area contributed by atoms with E-state index in [0.29, 0.717) is 0 Å². The van der Waals surface area contributed by atoms with E-state index in [9.17, 15) is 14.4 Å². The van der Waals surface area contributed by atoms with Gasteiger partial charge in [0.25, 0.3) is 0 Å². The van der Waals surface area contributed by atoms with Crippen molar-refractivity contribution in [2.24, 2.45) is 0 Å². The Balaban J connectivity index is 2.09. The number of ether oxygens (including phenoxy) is 5. The first-order chi connectivity index (χ1) is 9.38. The molecule has 0 bridgehead atoms. The van der Waals surface area contributed by atoms with E-state index in [2.05, 4.69) is 0 Å². The Morgan fingerprint density at radius 3 is 2.05 bits per heavy atom. The summed E-state index contributed by atoms with van der Waals surface area (Å²) in [5, 5.41) is 0. The van der Waals surface area contributed by atoms with Crippen LogP contribution in [-0.2, 0) is 38.1 Å². The van der Waals surface area contributed by atoms with Crippen molar-refractivity contribution in [1.82, 2.24) is 0 Å². The van der Waals surface area contributed by atoms with Crippen LogP contribution in [0.1, 0.15) is 20.8 Å². The molecule has 0 radical (unpaired) electrons. The van der Waals surface area contributed by atoms with Gasteiger partial charge < -0.3 is 23.7 Å².